The van der Waals surface area contributed by atoms with Crippen LogP contribution in [0, 0.1) is 0 Å². The van der Waals surface area contributed by atoms with E-state index in [-0.39, 0.29) is 11.3 Å². The summed E-state index contributed by atoms with van der Waals surface area (Å²) >= 11 is 0. The molecule has 0 fully saturated rings. The van der Waals surface area contributed by atoms with Gasteiger partial charge in [-0.25, -0.2) is 0 Å². The highest BCUT2D eigenvalue weighted by molar-refractivity contribution is 5.63. The van der Waals surface area contributed by atoms with Crippen molar-refractivity contribution in [3.05, 3.63) is 30.1 Å². The van der Waals surface area contributed by atoms with Gasteiger partial charge in [0.1, 0.15) is 6.33 Å². The third-order valence-electron chi connectivity index (χ3n) is 2.25. The minimum Gasteiger partial charge on any atom is -0.399 e. The molecule has 2 aromatic rings. The molecule has 1 aromatic carbocycles. The van der Waals surface area contributed by atoms with Gasteiger partial charge < -0.3 is 10.3 Å². The Morgan fingerprint density at radius 2 is 1.94 bits per heavy atom. The fourth-order valence-electron chi connectivity index (χ4n) is 1.49. The van der Waals surface area contributed by atoms with Crippen molar-refractivity contribution in [3.8, 4) is 11.4 Å². The molecule has 0 radical (unpaired) electrons. The topological polar surface area (TPSA) is 56.7 Å². The van der Waals surface area contributed by atoms with E-state index >= 15 is 0 Å². The summed E-state index contributed by atoms with van der Waals surface area (Å²) in [4.78, 5) is 0. The molecular weight excluding hydrogens is 233 g/mol. The van der Waals surface area contributed by atoms with E-state index in [1.165, 1.54) is 17.0 Å². The maximum atomic E-state index is 12.6. The van der Waals surface area contributed by atoms with Crippen LogP contribution in [0.5, 0.6) is 0 Å². The van der Waals surface area contributed by atoms with E-state index in [2.05, 4.69) is 10.2 Å². The summed E-state index contributed by atoms with van der Waals surface area (Å²) in [6.45, 7) is 0. The van der Waals surface area contributed by atoms with Gasteiger partial charge in [0, 0.05) is 18.3 Å². The molecule has 17 heavy (non-hydrogen) atoms. The Hall–Kier alpha value is -2.05. The molecule has 2 rings (SSSR count). The zero-order valence-corrected chi connectivity index (χ0v) is 8.86. The van der Waals surface area contributed by atoms with Crippen LogP contribution in [-0.2, 0) is 13.2 Å². The van der Waals surface area contributed by atoms with Gasteiger partial charge in [-0.1, -0.05) is 0 Å². The zero-order chi connectivity index (χ0) is 12.6. The SMILES string of the molecule is Cn1cnnc1-c1cc(N)cc(C(F)(F)F)c1. The lowest BCUT2D eigenvalue weighted by molar-refractivity contribution is -0.137. The van der Waals surface area contributed by atoms with Crippen LogP contribution in [-0.4, -0.2) is 14.8 Å². The molecule has 7 heteroatoms. The Labute approximate surface area is 94.9 Å². The Kier molecular flexibility index (Phi) is 2.53. The van der Waals surface area contributed by atoms with Gasteiger partial charge >= 0.3 is 6.18 Å². The quantitative estimate of drug-likeness (QED) is 0.779. The van der Waals surface area contributed by atoms with Crippen molar-refractivity contribution < 1.29 is 13.2 Å². The van der Waals surface area contributed by atoms with Gasteiger partial charge in [-0.2, -0.15) is 13.2 Å². The standard InChI is InChI=1S/C10H9F3N4/c1-17-5-15-16-9(17)6-2-7(10(11,12)13)4-8(14)3-6/h2-5H,14H2,1H3. The van der Waals surface area contributed by atoms with Crippen molar-refractivity contribution in [2.45, 2.75) is 6.18 Å². The van der Waals surface area contributed by atoms with Crippen LogP contribution in [0.25, 0.3) is 11.4 Å². The fourth-order valence-corrected chi connectivity index (χ4v) is 1.49. The monoisotopic (exact) mass is 242 g/mol. The molecule has 2 N–H and O–H groups in total. The molecule has 0 bridgehead atoms. The molecule has 1 aromatic heterocycles. The van der Waals surface area contributed by atoms with E-state index in [9.17, 15) is 13.2 Å². The lowest BCUT2D eigenvalue weighted by Crippen LogP contribution is -2.06. The molecular formula is C10H9F3N4. The molecule has 0 saturated heterocycles. The first-order chi connectivity index (χ1) is 7.88. The van der Waals surface area contributed by atoms with Crippen LogP contribution >= 0.6 is 0 Å². The number of anilines is 1. The first kappa shape index (κ1) is 11.4. The van der Waals surface area contributed by atoms with Gasteiger partial charge in [0.15, 0.2) is 5.82 Å². The molecule has 0 spiro atoms. The summed E-state index contributed by atoms with van der Waals surface area (Å²) in [6.07, 6.45) is -3.02. The van der Waals surface area contributed by atoms with Crippen molar-refractivity contribution in [2.24, 2.45) is 7.05 Å². The van der Waals surface area contributed by atoms with Crippen LogP contribution in [0.1, 0.15) is 5.56 Å². The molecule has 0 aliphatic rings. The molecule has 4 nitrogen and oxygen atoms in total. The van der Waals surface area contributed by atoms with E-state index in [1.807, 2.05) is 0 Å². The molecule has 1 heterocycles. The molecule has 0 atom stereocenters. The second kappa shape index (κ2) is 3.76. The number of rotatable bonds is 1. The number of halogens is 3. The summed E-state index contributed by atoms with van der Waals surface area (Å²) in [5.41, 5.74) is 4.99. The van der Waals surface area contributed by atoms with E-state index in [4.69, 9.17) is 5.73 Å². The number of hydrogen-bond acceptors (Lipinski definition) is 3. The lowest BCUT2D eigenvalue weighted by Gasteiger charge is -2.09. The number of nitrogen functional groups attached to an aromatic ring is 1. The fraction of sp³-hybridized carbons (Fsp3) is 0.200. The van der Waals surface area contributed by atoms with E-state index in [0.717, 1.165) is 12.1 Å². The largest absolute Gasteiger partial charge is 0.416 e. The average Bonchev–Trinajstić information content (AvgIpc) is 2.62. The van der Waals surface area contributed by atoms with E-state index < -0.39 is 11.7 Å². The van der Waals surface area contributed by atoms with Crippen LogP contribution in [0.15, 0.2) is 24.5 Å². The van der Waals surface area contributed by atoms with Crippen molar-refractivity contribution in [1.29, 1.82) is 0 Å². The van der Waals surface area contributed by atoms with Gasteiger partial charge in [-0.05, 0) is 18.2 Å². The van der Waals surface area contributed by atoms with Crippen LogP contribution in [0.4, 0.5) is 18.9 Å². The number of aromatic nitrogens is 3. The van der Waals surface area contributed by atoms with Gasteiger partial charge in [-0.15, -0.1) is 10.2 Å². The van der Waals surface area contributed by atoms with Gasteiger partial charge in [-0.3, -0.25) is 0 Å². The maximum absolute atomic E-state index is 12.6. The number of aryl methyl sites for hydroxylation is 1. The van der Waals surface area contributed by atoms with Crippen molar-refractivity contribution >= 4 is 5.69 Å². The summed E-state index contributed by atoms with van der Waals surface area (Å²) < 4.78 is 39.3. The lowest BCUT2D eigenvalue weighted by atomic mass is 10.1. The average molecular weight is 242 g/mol. The summed E-state index contributed by atoms with van der Waals surface area (Å²) in [5, 5.41) is 7.35. The van der Waals surface area contributed by atoms with Crippen molar-refractivity contribution in [1.82, 2.24) is 14.8 Å². The number of benzene rings is 1. The van der Waals surface area contributed by atoms with Gasteiger partial charge in [0.2, 0.25) is 0 Å². The maximum Gasteiger partial charge on any atom is 0.416 e. The van der Waals surface area contributed by atoms with Crippen molar-refractivity contribution in [3.63, 3.8) is 0 Å². The van der Waals surface area contributed by atoms with Gasteiger partial charge in [0.05, 0.1) is 5.56 Å². The van der Waals surface area contributed by atoms with Crippen LogP contribution in [0.3, 0.4) is 0 Å². The Morgan fingerprint density at radius 3 is 2.47 bits per heavy atom. The summed E-state index contributed by atoms with van der Waals surface area (Å²) in [6, 6.07) is 3.32. The zero-order valence-electron chi connectivity index (χ0n) is 8.86. The van der Waals surface area contributed by atoms with E-state index in [0.29, 0.717) is 5.82 Å². The first-order valence-electron chi connectivity index (χ1n) is 4.70. The molecule has 0 amide bonds. The Morgan fingerprint density at radius 1 is 1.24 bits per heavy atom. The molecule has 0 saturated carbocycles. The summed E-state index contributed by atoms with van der Waals surface area (Å²) in [7, 11) is 1.64. The minimum absolute atomic E-state index is 0.0397. The number of hydrogen-bond donors (Lipinski definition) is 1. The Balaban J connectivity index is 2.57. The molecule has 0 aliphatic carbocycles. The number of alkyl halides is 3. The van der Waals surface area contributed by atoms with Gasteiger partial charge in [0.25, 0.3) is 0 Å². The molecule has 0 aliphatic heterocycles. The second-order valence-corrected chi connectivity index (χ2v) is 3.61. The third kappa shape index (κ3) is 2.22. The predicted molar refractivity (Wildman–Crippen MR) is 55.9 cm³/mol. The third-order valence-corrected chi connectivity index (χ3v) is 2.25. The van der Waals surface area contributed by atoms with Crippen LogP contribution < -0.4 is 5.73 Å². The smallest absolute Gasteiger partial charge is 0.399 e. The number of nitrogens with two attached hydrogens (primary N) is 1. The Bertz CT molecular complexity index is 545. The highest BCUT2D eigenvalue weighted by atomic mass is 19.4. The highest BCUT2D eigenvalue weighted by Crippen LogP contribution is 2.33. The highest BCUT2D eigenvalue weighted by Gasteiger charge is 2.31. The first-order valence-corrected chi connectivity index (χ1v) is 4.70. The second-order valence-electron chi connectivity index (χ2n) is 3.61. The van der Waals surface area contributed by atoms with E-state index in [1.54, 1.807) is 7.05 Å². The normalized spacial score (nSPS) is 11.8. The molecule has 0 unspecified atom stereocenters. The minimum atomic E-state index is -4.43. The van der Waals surface area contributed by atoms with Crippen LogP contribution in [0.2, 0.25) is 0 Å². The van der Waals surface area contributed by atoms with Crippen molar-refractivity contribution in [2.75, 3.05) is 5.73 Å². The predicted octanol–water partition coefficient (Wildman–Crippen LogP) is 2.08. The number of nitrogens with zero attached hydrogens (tertiary/aromatic N) is 3. The molecule has 90 valence electrons. The summed E-state index contributed by atoms with van der Waals surface area (Å²) in [5.74, 6) is 0.336.